The monoisotopic (exact) mass is 285 g/mol. The van der Waals surface area contributed by atoms with Crippen molar-refractivity contribution in [3.8, 4) is 0 Å². The van der Waals surface area contributed by atoms with E-state index in [9.17, 15) is 20.2 Å². The van der Waals surface area contributed by atoms with Crippen LogP contribution in [0.4, 0.5) is 17.1 Å². The molecule has 106 valence electrons. The molecule has 2 N–H and O–H groups in total. The molecule has 0 saturated carbocycles. The average molecular weight is 285 g/mol. The lowest BCUT2D eigenvalue weighted by atomic mass is 10.1. The summed E-state index contributed by atoms with van der Waals surface area (Å²) < 4.78 is 0. The Bertz CT molecular complexity index is 726. The number of nitrogens with two attached hydrogens (primary N) is 1. The van der Waals surface area contributed by atoms with Crippen LogP contribution in [0.25, 0.3) is 12.2 Å². The number of benzene rings is 2. The minimum atomic E-state index is -0.714. The van der Waals surface area contributed by atoms with Gasteiger partial charge in [0.2, 0.25) is 0 Å². The van der Waals surface area contributed by atoms with Gasteiger partial charge in [-0.3, -0.25) is 20.2 Å². The first-order valence-corrected chi connectivity index (χ1v) is 5.94. The van der Waals surface area contributed by atoms with E-state index in [0.717, 1.165) is 17.7 Å². The Morgan fingerprint density at radius 2 is 1.62 bits per heavy atom. The first-order chi connectivity index (χ1) is 9.99. The van der Waals surface area contributed by atoms with Gasteiger partial charge < -0.3 is 5.73 Å². The van der Waals surface area contributed by atoms with Gasteiger partial charge in [-0.15, -0.1) is 0 Å². The number of nitro groups is 2. The molecule has 0 aliphatic rings. The maximum absolute atomic E-state index is 11.1. The minimum Gasteiger partial charge on any atom is -0.398 e. The van der Waals surface area contributed by atoms with Crippen LogP contribution in [-0.4, -0.2) is 9.85 Å². The summed E-state index contributed by atoms with van der Waals surface area (Å²) in [6, 6.07) is 11.2. The number of nitro benzene ring substituents is 2. The van der Waals surface area contributed by atoms with Gasteiger partial charge in [-0.25, -0.2) is 0 Å². The molecule has 0 amide bonds. The Morgan fingerprint density at radius 3 is 2.19 bits per heavy atom. The number of rotatable bonds is 4. The SMILES string of the molecule is Nc1cc([N+](=O)[O-])cc([N+](=O)[O-])c1/C=C/c1ccccc1. The van der Waals surface area contributed by atoms with Crippen molar-refractivity contribution < 1.29 is 9.85 Å². The highest BCUT2D eigenvalue weighted by Gasteiger charge is 2.21. The molecule has 0 aliphatic carbocycles. The quantitative estimate of drug-likeness (QED) is 0.401. The highest BCUT2D eigenvalue weighted by atomic mass is 16.6. The van der Waals surface area contributed by atoms with Crippen molar-refractivity contribution in [3.63, 3.8) is 0 Å². The number of nitrogen functional groups attached to an aromatic ring is 1. The third-order valence-corrected chi connectivity index (χ3v) is 2.82. The van der Waals surface area contributed by atoms with Gasteiger partial charge in [0, 0.05) is 6.07 Å². The van der Waals surface area contributed by atoms with Crippen molar-refractivity contribution in [2.75, 3.05) is 5.73 Å². The highest BCUT2D eigenvalue weighted by Crippen LogP contribution is 2.31. The zero-order chi connectivity index (χ0) is 15.4. The molecule has 0 spiro atoms. The van der Waals surface area contributed by atoms with Gasteiger partial charge in [-0.05, 0) is 11.6 Å². The van der Waals surface area contributed by atoms with Crippen molar-refractivity contribution in [2.45, 2.75) is 0 Å². The van der Waals surface area contributed by atoms with Crippen LogP contribution in [0, 0.1) is 20.2 Å². The van der Waals surface area contributed by atoms with Gasteiger partial charge in [-0.2, -0.15) is 0 Å². The molecule has 0 fully saturated rings. The normalized spacial score (nSPS) is 10.7. The number of hydrogen-bond acceptors (Lipinski definition) is 5. The lowest BCUT2D eigenvalue weighted by molar-refractivity contribution is -0.394. The van der Waals surface area contributed by atoms with Crippen LogP contribution in [0.3, 0.4) is 0 Å². The summed E-state index contributed by atoms with van der Waals surface area (Å²) in [6.45, 7) is 0. The van der Waals surface area contributed by atoms with E-state index >= 15 is 0 Å². The molecule has 2 aromatic rings. The molecule has 7 heteroatoms. The van der Waals surface area contributed by atoms with Gasteiger partial charge in [0.25, 0.3) is 11.4 Å². The van der Waals surface area contributed by atoms with E-state index < -0.39 is 21.2 Å². The molecule has 0 aromatic heterocycles. The van der Waals surface area contributed by atoms with Crippen LogP contribution in [0.2, 0.25) is 0 Å². The molecule has 0 radical (unpaired) electrons. The molecule has 0 unspecified atom stereocenters. The molecular formula is C14H11N3O4. The molecule has 21 heavy (non-hydrogen) atoms. The zero-order valence-corrected chi connectivity index (χ0v) is 10.8. The second-order valence-electron chi connectivity index (χ2n) is 4.23. The van der Waals surface area contributed by atoms with Crippen LogP contribution in [0.1, 0.15) is 11.1 Å². The first kappa shape index (κ1) is 14.2. The lowest BCUT2D eigenvalue weighted by Gasteiger charge is -2.02. The number of non-ortho nitro benzene ring substituents is 1. The maximum atomic E-state index is 11.1. The molecule has 0 aliphatic heterocycles. The van der Waals surface area contributed by atoms with Gasteiger partial charge in [0.1, 0.15) is 0 Å². The first-order valence-electron chi connectivity index (χ1n) is 5.94. The fourth-order valence-corrected chi connectivity index (χ4v) is 1.83. The molecule has 0 atom stereocenters. The van der Waals surface area contributed by atoms with Crippen molar-refractivity contribution in [1.82, 2.24) is 0 Å². The van der Waals surface area contributed by atoms with Crippen LogP contribution < -0.4 is 5.73 Å². The van der Waals surface area contributed by atoms with E-state index in [1.165, 1.54) is 6.08 Å². The summed E-state index contributed by atoms with van der Waals surface area (Å²) in [5.41, 5.74) is 5.87. The molecule has 7 nitrogen and oxygen atoms in total. The molecule has 2 rings (SSSR count). The second-order valence-corrected chi connectivity index (χ2v) is 4.23. The largest absolute Gasteiger partial charge is 0.398 e. The smallest absolute Gasteiger partial charge is 0.285 e. The summed E-state index contributed by atoms with van der Waals surface area (Å²) in [5.74, 6) is 0. The van der Waals surface area contributed by atoms with E-state index in [-0.39, 0.29) is 11.3 Å². The molecule has 0 bridgehead atoms. The minimum absolute atomic E-state index is 0.0110. The van der Waals surface area contributed by atoms with Crippen LogP contribution in [0.5, 0.6) is 0 Å². The predicted octanol–water partition coefficient (Wildman–Crippen LogP) is 3.26. The Kier molecular flexibility index (Phi) is 3.94. The topological polar surface area (TPSA) is 112 Å². The van der Waals surface area contributed by atoms with Crippen LogP contribution >= 0.6 is 0 Å². The summed E-state index contributed by atoms with van der Waals surface area (Å²) >= 11 is 0. The summed E-state index contributed by atoms with van der Waals surface area (Å²) in [5, 5.41) is 21.8. The fraction of sp³-hybridized carbons (Fsp3) is 0. The highest BCUT2D eigenvalue weighted by molar-refractivity contribution is 5.82. The van der Waals surface area contributed by atoms with Gasteiger partial charge >= 0.3 is 0 Å². The number of anilines is 1. The third-order valence-electron chi connectivity index (χ3n) is 2.82. The van der Waals surface area contributed by atoms with Gasteiger partial charge in [-0.1, -0.05) is 36.4 Å². The van der Waals surface area contributed by atoms with Crippen molar-refractivity contribution in [1.29, 1.82) is 0 Å². The average Bonchev–Trinajstić information content (AvgIpc) is 2.46. The van der Waals surface area contributed by atoms with Crippen LogP contribution in [-0.2, 0) is 0 Å². The predicted molar refractivity (Wildman–Crippen MR) is 79.5 cm³/mol. The summed E-state index contributed by atoms with van der Waals surface area (Å²) in [6.07, 6.45) is 3.14. The Labute approximate surface area is 119 Å². The molecule has 2 aromatic carbocycles. The lowest BCUT2D eigenvalue weighted by Crippen LogP contribution is -1.99. The number of hydrogen-bond donors (Lipinski definition) is 1. The Morgan fingerprint density at radius 1 is 0.952 bits per heavy atom. The standard InChI is InChI=1S/C14H11N3O4/c15-13-8-11(16(18)19)9-14(17(20)21)12(13)7-6-10-4-2-1-3-5-10/h1-9H,15H2/b7-6+. The van der Waals surface area contributed by atoms with E-state index in [2.05, 4.69) is 0 Å². The van der Waals surface area contributed by atoms with E-state index in [1.54, 1.807) is 6.08 Å². The maximum Gasteiger partial charge on any atom is 0.285 e. The zero-order valence-electron chi connectivity index (χ0n) is 10.8. The fourth-order valence-electron chi connectivity index (χ4n) is 1.83. The van der Waals surface area contributed by atoms with Gasteiger partial charge in [0.15, 0.2) is 0 Å². The third kappa shape index (κ3) is 3.21. The summed E-state index contributed by atoms with van der Waals surface area (Å²) in [7, 11) is 0. The van der Waals surface area contributed by atoms with Crippen molar-refractivity contribution in [3.05, 3.63) is 73.8 Å². The second kappa shape index (κ2) is 5.83. The van der Waals surface area contributed by atoms with Crippen molar-refractivity contribution in [2.24, 2.45) is 0 Å². The van der Waals surface area contributed by atoms with E-state index in [4.69, 9.17) is 5.73 Å². The molecular weight excluding hydrogens is 274 g/mol. The molecule has 0 heterocycles. The van der Waals surface area contributed by atoms with Gasteiger partial charge in [0.05, 0.1) is 27.2 Å². The van der Waals surface area contributed by atoms with Crippen LogP contribution in [0.15, 0.2) is 42.5 Å². The van der Waals surface area contributed by atoms with Crippen molar-refractivity contribution >= 4 is 29.2 Å². The number of nitrogens with zero attached hydrogens (tertiary/aromatic N) is 2. The Hall–Kier alpha value is -3.22. The van der Waals surface area contributed by atoms with E-state index in [1.807, 2.05) is 30.3 Å². The Balaban J connectivity index is 2.50. The van der Waals surface area contributed by atoms with E-state index in [0.29, 0.717) is 0 Å². The summed E-state index contributed by atoms with van der Waals surface area (Å²) in [4.78, 5) is 20.4. The molecule has 0 saturated heterocycles.